The third-order valence-electron chi connectivity index (χ3n) is 5.39. The number of hydrogen-bond acceptors (Lipinski definition) is 2. The van der Waals surface area contributed by atoms with E-state index in [1.807, 2.05) is 6.07 Å². The number of benzene rings is 1. The van der Waals surface area contributed by atoms with Gasteiger partial charge in [-0.1, -0.05) is 49.4 Å². The van der Waals surface area contributed by atoms with E-state index in [0.717, 1.165) is 19.3 Å². The Balaban J connectivity index is 2.28. The molecule has 1 aromatic rings. The Morgan fingerprint density at radius 2 is 1.90 bits per heavy atom. The molecule has 0 aromatic heterocycles. The molecular formula is C19H28O2. The summed E-state index contributed by atoms with van der Waals surface area (Å²) in [6, 6.07) is 10.6. The highest BCUT2D eigenvalue weighted by Gasteiger charge is 2.41. The van der Waals surface area contributed by atoms with E-state index in [0.29, 0.717) is 11.8 Å². The summed E-state index contributed by atoms with van der Waals surface area (Å²) in [5, 5.41) is 19.3. The molecule has 2 nitrogen and oxygen atoms in total. The van der Waals surface area contributed by atoms with Crippen molar-refractivity contribution in [3.05, 3.63) is 48.0 Å². The van der Waals surface area contributed by atoms with Gasteiger partial charge in [-0.05, 0) is 49.0 Å². The Hall–Kier alpha value is -1.12. The summed E-state index contributed by atoms with van der Waals surface area (Å²) in [5.74, 6) is 0.664. The first-order chi connectivity index (χ1) is 10.0. The van der Waals surface area contributed by atoms with Crippen LogP contribution in [0.4, 0.5) is 0 Å². The minimum Gasteiger partial charge on any atom is -0.396 e. The van der Waals surface area contributed by atoms with Crippen molar-refractivity contribution in [2.45, 2.75) is 38.5 Å². The quantitative estimate of drug-likeness (QED) is 0.814. The topological polar surface area (TPSA) is 40.5 Å². The van der Waals surface area contributed by atoms with E-state index in [-0.39, 0.29) is 24.5 Å². The SMILES string of the molecule is C=C(C)[C@@H]1CC[C@](C)(c2ccccc2)CC1C(CO)CO. The van der Waals surface area contributed by atoms with Gasteiger partial charge in [0.15, 0.2) is 0 Å². The van der Waals surface area contributed by atoms with Gasteiger partial charge in [0.25, 0.3) is 0 Å². The van der Waals surface area contributed by atoms with Gasteiger partial charge in [-0.15, -0.1) is 0 Å². The van der Waals surface area contributed by atoms with Gasteiger partial charge in [-0.3, -0.25) is 0 Å². The zero-order valence-electron chi connectivity index (χ0n) is 13.3. The zero-order valence-corrected chi connectivity index (χ0v) is 13.3. The Kier molecular flexibility index (Phi) is 5.23. The molecule has 1 fully saturated rings. The maximum absolute atomic E-state index is 9.63. The second-order valence-electron chi connectivity index (χ2n) is 6.91. The summed E-state index contributed by atoms with van der Waals surface area (Å²) in [6.45, 7) is 8.63. The smallest absolute Gasteiger partial charge is 0.0484 e. The fourth-order valence-corrected chi connectivity index (χ4v) is 3.99. The third-order valence-corrected chi connectivity index (χ3v) is 5.39. The Labute approximate surface area is 128 Å². The first kappa shape index (κ1) is 16.3. The Morgan fingerprint density at radius 3 is 2.43 bits per heavy atom. The molecule has 0 saturated heterocycles. The van der Waals surface area contributed by atoms with Crippen LogP contribution in [0.3, 0.4) is 0 Å². The van der Waals surface area contributed by atoms with Gasteiger partial charge in [-0.25, -0.2) is 0 Å². The molecule has 3 atom stereocenters. The second-order valence-corrected chi connectivity index (χ2v) is 6.91. The standard InChI is InChI=1S/C19H28O2/c1-14(2)17-9-10-19(3,16-7-5-4-6-8-16)11-18(17)15(12-20)13-21/h4-8,15,17-18,20-21H,1,9-13H2,2-3H3/t17-,18?,19-/m0/s1. The average molecular weight is 288 g/mol. The highest BCUT2D eigenvalue weighted by Crippen LogP contribution is 2.48. The molecule has 2 rings (SSSR count). The molecule has 0 spiro atoms. The van der Waals surface area contributed by atoms with Crippen LogP contribution in [-0.2, 0) is 5.41 Å². The van der Waals surface area contributed by atoms with Crippen LogP contribution in [0.5, 0.6) is 0 Å². The van der Waals surface area contributed by atoms with Crippen LogP contribution in [0.15, 0.2) is 42.5 Å². The van der Waals surface area contributed by atoms with Crippen molar-refractivity contribution in [1.82, 2.24) is 0 Å². The summed E-state index contributed by atoms with van der Waals surface area (Å²) < 4.78 is 0. The summed E-state index contributed by atoms with van der Waals surface area (Å²) >= 11 is 0. The maximum Gasteiger partial charge on any atom is 0.0484 e. The Bertz CT molecular complexity index is 464. The maximum atomic E-state index is 9.63. The van der Waals surface area contributed by atoms with Crippen LogP contribution in [-0.4, -0.2) is 23.4 Å². The zero-order chi connectivity index (χ0) is 15.5. The number of allylic oxidation sites excluding steroid dienone is 1. The van der Waals surface area contributed by atoms with Crippen LogP contribution >= 0.6 is 0 Å². The van der Waals surface area contributed by atoms with E-state index in [1.54, 1.807) is 0 Å². The molecule has 2 heteroatoms. The minimum absolute atomic E-state index is 0.0463. The lowest BCUT2D eigenvalue weighted by molar-refractivity contribution is 0.0458. The van der Waals surface area contributed by atoms with Gasteiger partial charge in [0.05, 0.1) is 0 Å². The van der Waals surface area contributed by atoms with Gasteiger partial charge in [0.2, 0.25) is 0 Å². The van der Waals surface area contributed by atoms with Crippen LogP contribution in [0.2, 0.25) is 0 Å². The molecule has 1 aromatic carbocycles. The van der Waals surface area contributed by atoms with Crippen molar-refractivity contribution in [2.24, 2.45) is 17.8 Å². The lowest BCUT2D eigenvalue weighted by Crippen LogP contribution is -2.40. The minimum atomic E-state index is -0.0463. The second kappa shape index (κ2) is 6.76. The number of hydrogen-bond donors (Lipinski definition) is 2. The lowest BCUT2D eigenvalue weighted by Gasteiger charge is -2.46. The first-order valence-electron chi connectivity index (χ1n) is 7.94. The van der Waals surface area contributed by atoms with Crippen molar-refractivity contribution in [3.8, 4) is 0 Å². The largest absolute Gasteiger partial charge is 0.396 e. The molecule has 116 valence electrons. The van der Waals surface area contributed by atoms with E-state index in [1.165, 1.54) is 11.1 Å². The Morgan fingerprint density at radius 1 is 1.29 bits per heavy atom. The fraction of sp³-hybridized carbons (Fsp3) is 0.579. The normalized spacial score (nSPS) is 29.6. The summed E-state index contributed by atoms with van der Waals surface area (Å²) in [6.07, 6.45) is 3.22. The van der Waals surface area contributed by atoms with E-state index in [4.69, 9.17) is 0 Å². The summed E-state index contributed by atoms with van der Waals surface area (Å²) in [4.78, 5) is 0. The molecule has 21 heavy (non-hydrogen) atoms. The van der Waals surface area contributed by atoms with E-state index in [9.17, 15) is 10.2 Å². The van der Waals surface area contributed by atoms with Crippen molar-refractivity contribution < 1.29 is 10.2 Å². The molecule has 0 bridgehead atoms. The predicted octanol–water partition coefficient (Wildman–Crippen LogP) is 3.54. The molecule has 0 amide bonds. The van der Waals surface area contributed by atoms with E-state index < -0.39 is 0 Å². The predicted molar refractivity (Wildman–Crippen MR) is 87.1 cm³/mol. The van der Waals surface area contributed by atoms with Crippen molar-refractivity contribution >= 4 is 0 Å². The van der Waals surface area contributed by atoms with Gasteiger partial charge < -0.3 is 10.2 Å². The highest BCUT2D eigenvalue weighted by atomic mass is 16.3. The van der Waals surface area contributed by atoms with Gasteiger partial charge in [-0.2, -0.15) is 0 Å². The third kappa shape index (κ3) is 3.38. The van der Waals surface area contributed by atoms with E-state index >= 15 is 0 Å². The molecule has 1 saturated carbocycles. The van der Waals surface area contributed by atoms with Crippen molar-refractivity contribution in [2.75, 3.05) is 13.2 Å². The molecule has 0 aliphatic heterocycles. The van der Waals surface area contributed by atoms with Crippen LogP contribution in [0, 0.1) is 17.8 Å². The van der Waals surface area contributed by atoms with Gasteiger partial charge in [0, 0.05) is 19.1 Å². The first-order valence-corrected chi connectivity index (χ1v) is 7.94. The van der Waals surface area contributed by atoms with Gasteiger partial charge >= 0.3 is 0 Å². The molecule has 0 radical (unpaired) electrons. The number of rotatable bonds is 5. The molecule has 1 aliphatic carbocycles. The van der Waals surface area contributed by atoms with Crippen LogP contribution < -0.4 is 0 Å². The fourth-order valence-electron chi connectivity index (χ4n) is 3.99. The van der Waals surface area contributed by atoms with Crippen molar-refractivity contribution in [1.29, 1.82) is 0 Å². The molecule has 2 N–H and O–H groups in total. The summed E-state index contributed by atoms with van der Waals surface area (Å²) in [5.41, 5.74) is 2.67. The highest BCUT2D eigenvalue weighted by molar-refractivity contribution is 5.26. The lowest BCUT2D eigenvalue weighted by atomic mass is 9.59. The summed E-state index contributed by atoms with van der Waals surface area (Å²) in [7, 11) is 0. The van der Waals surface area contributed by atoms with E-state index in [2.05, 4.69) is 44.7 Å². The molecule has 1 aliphatic rings. The average Bonchev–Trinajstić information content (AvgIpc) is 2.49. The number of aliphatic hydroxyl groups excluding tert-OH is 2. The number of aliphatic hydroxyl groups is 2. The monoisotopic (exact) mass is 288 g/mol. The molecular weight excluding hydrogens is 260 g/mol. The molecule has 1 unspecified atom stereocenters. The van der Waals surface area contributed by atoms with Crippen molar-refractivity contribution in [3.63, 3.8) is 0 Å². The van der Waals surface area contributed by atoms with Crippen LogP contribution in [0.25, 0.3) is 0 Å². The van der Waals surface area contributed by atoms with Crippen LogP contribution in [0.1, 0.15) is 38.7 Å². The van der Waals surface area contributed by atoms with Gasteiger partial charge in [0.1, 0.15) is 0 Å². The molecule has 0 heterocycles.